The number of hydrogen-bond acceptors (Lipinski definition) is 13. The largest absolute Gasteiger partial charge is 0.370 e. The van der Waals surface area contributed by atoms with Crippen LogP contribution in [-0.2, 0) is 60.8 Å². The van der Waals surface area contributed by atoms with Crippen LogP contribution in [0.2, 0.25) is 0 Å². The molecule has 0 spiro atoms. The molecule has 0 saturated heterocycles. The van der Waals surface area contributed by atoms with Gasteiger partial charge < -0.3 is 64.4 Å². The number of aromatic amines is 2. The predicted octanol–water partition coefficient (Wildman–Crippen LogP) is -3.59. The van der Waals surface area contributed by atoms with Crippen molar-refractivity contribution in [2.24, 2.45) is 29.0 Å². The van der Waals surface area contributed by atoms with Crippen molar-refractivity contribution in [3.05, 3.63) is 36.4 Å². The second-order valence-corrected chi connectivity index (χ2v) is 16.8. The zero-order chi connectivity index (χ0) is 48.1. The van der Waals surface area contributed by atoms with Gasteiger partial charge in [0.15, 0.2) is 0 Å². The summed E-state index contributed by atoms with van der Waals surface area (Å²) in [6.45, 7) is 7.97. The number of nitrogens with two attached hydrogens (primary N) is 3. The van der Waals surface area contributed by atoms with Crippen molar-refractivity contribution in [2.45, 2.75) is 122 Å². The third kappa shape index (κ3) is 19.2. The van der Waals surface area contributed by atoms with Gasteiger partial charge >= 0.3 is 0 Å². The van der Waals surface area contributed by atoms with Crippen molar-refractivity contribution < 1.29 is 47.9 Å². The molecule has 0 bridgehead atoms. The van der Waals surface area contributed by atoms with Crippen LogP contribution in [-0.4, -0.2) is 133 Å². The molecular formula is C39H62N14O10S. The number of nitrogens with one attached hydrogen (secondary N) is 9. The number of carbonyl (C=O) groups excluding carboxylic acids is 10. The molecule has 0 aromatic carbocycles. The van der Waals surface area contributed by atoms with Crippen molar-refractivity contribution in [1.29, 1.82) is 0 Å². The summed E-state index contributed by atoms with van der Waals surface area (Å²) < 4.78 is 0. The average Bonchev–Trinajstić information content (AvgIpc) is 3.93. The van der Waals surface area contributed by atoms with Crippen LogP contribution < -0.4 is 54.4 Å². The van der Waals surface area contributed by atoms with E-state index in [1.807, 2.05) is 6.26 Å². The van der Waals surface area contributed by atoms with Crippen molar-refractivity contribution in [3.63, 3.8) is 0 Å². The minimum absolute atomic E-state index is 0.0348. The van der Waals surface area contributed by atoms with Gasteiger partial charge in [0.05, 0.1) is 19.1 Å². The van der Waals surface area contributed by atoms with Gasteiger partial charge in [0.1, 0.15) is 42.3 Å². The van der Waals surface area contributed by atoms with Gasteiger partial charge in [-0.05, 0) is 43.1 Å². The fourth-order valence-electron chi connectivity index (χ4n) is 6.23. The van der Waals surface area contributed by atoms with E-state index < -0.39 is 114 Å². The summed E-state index contributed by atoms with van der Waals surface area (Å²) in [7, 11) is 0. The summed E-state index contributed by atoms with van der Waals surface area (Å²) >= 11 is 1.43. The van der Waals surface area contributed by atoms with E-state index in [4.69, 9.17) is 17.2 Å². The smallest absolute Gasteiger partial charge is 0.243 e. The highest BCUT2D eigenvalue weighted by atomic mass is 32.2. The molecular weight excluding hydrogens is 857 g/mol. The van der Waals surface area contributed by atoms with Crippen LogP contribution in [0.15, 0.2) is 25.0 Å². The van der Waals surface area contributed by atoms with Crippen LogP contribution in [0.3, 0.4) is 0 Å². The number of primary amides is 3. The first-order valence-electron chi connectivity index (χ1n) is 20.5. The molecule has 25 heteroatoms. The summed E-state index contributed by atoms with van der Waals surface area (Å²) in [6.07, 6.45) is 6.07. The third-order valence-corrected chi connectivity index (χ3v) is 10.1. The molecule has 0 unspecified atom stereocenters. The van der Waals surface area contributed by atoms with Crippen LogP contribution in [0.4, 0.5) is 0 Å². The minimum atomic E-state index is -1.65. The number of carbonyl (C=O) groups is 10. The van der Waals surface area contributed by atoms with Gasteiger partial charge in [0.2, 0.25) is 59.1 Å². The molecule has 354 valence electrons. The number of nitrogens with zero attached hydrogens (tertiary/aromatic N) is 2. The number of H-pyrrole nitrogens is 2. The normalized spacial score (nSPS) is 14.4. The maximum Gasteiger partial charge on any atom is 0.243 e. The number of thioether (sulfide) groups is 1. The highest BCUT2D eigenvalue weighted by molar-refractivity contribution is 7.98. The van der Waals surface area contributed by atoms with Gasteiger partial charge in [-0.1, -0.05) is 27.7 Å². The molecule has 0 saturated carbocycles. The predicted molar refractivity (Wildman–Crippen MR) is 232 cm³/mol. The second-order valence-electron chi connectivity index (χ2n) is 15.8. The molecule has 0 aliphatic rings. The highest BCUT2D eigenvalue weighted by Crippen LogP contribution is 2.11. The van der Waals surface area contributed by atoms with Crippen LogP contribution >= 0.6 is 11.8 Å². The Morgan fingerprint density at radius 3 is 1.48 bits per heavy atom. The van der Waals surface area contributed by atoms with E-state index in [9.17, 15) is 47.9 Å². The molecule has 64 heavy (non-hydrogen) atoms. The molecule has 15 N–H and O–H groups in total. The SMILES string of the molecule is CSCC[C@H](NC(=O)[C@@H](NC(=O)[C@H](CC(N)=O)NC(=O)[C@H](Cc1cnc[nH]1)NC(=O)[C@H](CC(C)C)NC(=O)[C@H](Cc1cnc[nH]1)NC(=O)[C@H](CCC(N)=O)NC(C)=O)C(C)C)C(N)=O. The highest BCUT2D eigenvalue weighted by Gasteiger charge is 2.35. The molecule has 0 fully saturated rings. The van der Waals surface area contributed by atoms with E-state index in [2.05, 4.69) is 57.2 Å². The number of hydrogen-bond donors (Lipinski definition) is 12. The van der Waals surface area contributed by atoms with E-state index in [-0.39, 0.29) is 44.4 Å². The molecule has 2 aromatic rings. The zero-order valence-corrected chi connectivity index (χ0v) is 37.6. The van der Waals surface area contributed by atoms with Crippen LogP contribution in [0.25, 0.3) is 0 Å². The lowest BCUT2D eigenvalue weighted by Gasteiger charge is -2.28. The Morgan fingerprint density at radius 1 is 0.594 bits per heavy atom. The van der Waals surface area contributed by atoms with Crippen LogP contribution in [0.1, 0.15) is 78.1 Å². The maximum atomic E-state index is 14.1. The standard InChI is InChI=1S/C39H62N14O10S/c1-19(2)11-26(49-36(60)27(12-22-15-43-17-45-22)50-34(58)25(47-21(5)54)7-8-30(40)55)35(59)51-28(13-23-16-44-18-46-23)37(61)52-29(14-31(41)56)38(62)53-32(20(3)4)39(63)48-24(33(42)57)9-10-64-6/h15-20,24-29,32H,7-14H2,1-6H3,(H2,40,55)(H2,41,56)(H2,42,57)(H,43,45)(H,44,46)(H,47,54)(H,48,63)(H,49,60)(H,50,58)(H,51,59)(H,52,61)(H,53,62)/t24-,25-,26-,27-,28-,29-,32-/m0/s1. The summed E-state index contributed by atoms with van der Waals surface area (Å²) in [5.74, 6) is -8.47. The zero-order valence-electron chi connectivity index (χ0n) is 36.8. The van der Waals surface area contributed by atoms with Crippen molar-refractivity contribution in [2.75, 3.05) is 12.0 Å². The fourth-order valence-corrected chi connectivity index (χ4v) is 6.70. The van der Waals surface area contributed by atoms with Crippen molar-refractivity contribution in [1.82, 2.24) is 57.2 Å². The molecule has 2 aromatic heterocycles. The van der Waals surface area contributed by atoms with Gasteiger partial charge in [0, 0.05) is 50.0 Å². The van der Waals surface area contributed by atoms with Crippen molar-refractivity contribution >= 4 is 70.8 Å². The topological polar surface area (TPSA) is 390 Å². The Hall–Kier alpha value is -6.53. The molecule has 7 atom stereocenters. The molecule has 2 rings (SSSR count). The van der Waals surface area contributed by atoms with Crippen LogP contribution in [0, 0.1) is 11.8 Å². The Bertz CT molecular complexity index is 1910. The molecule has 2 heterocycles. The lowest BCUT2D eigenvalue weighted by molar-refractivity contribution is -0.136. The van der Waals surface area contributed by atoms with E-state index in [1.54, 1.807) is 27.7 Å². The molecule has 0 aliphatic carbocycles. The third-order valence-electron chi connectivity index (χ3n) is 9.49. The Kier molecular flexibility index (Phi) is 22.5. The van der Waals surface area contributed by atoms with Gasteiger partial charge in [-0.3, -0.25) is 47.9 Å². The average molecular weight is 919 g/mol. The summed E-state index contributed by atoms with van der Waals surface area (Å²) in [4.78, 5) is 144. The van der Waals surface area contributed by atoms with Gasteiger partial charge in [-0.25, -0.2) is 9.97 Å². The first-order chi connectivity index (χ1) is 30.1. The van der Waals surface area contributed by atoms with E-state index in [1.165, 1.54) is 43.7 Å². The molecule has 0 radical (unpaired) electrons. The number of rotatable bonds is 29. The number of imidazole rings is 2. The first-order valence-corrected chi connectivity index (χ1v) is 21.9. The lowest BCUT2D eigenvalue weighted by Crippen LogP contribution is -2.61. The van der Waals surface area contributed by atoms with Gasteiger partial charge in [-0.2, -0.15) is 11.8 Å². The van der Waals surface area contributed by atoms with E-state index in [0.717, 1.165) is 0 Å². The first kappa shape index (κ1) is 53.6. The van der Waals surface area contributed by atoms with Gasteiger partial charge in [0.25, 0.3) is 0 Å². The quantitative estimate of drug-likeness (QED) is 0.0376. The molecule has 0 aliphatic heterocycles. The fraction of sp³-hybridized carbons (Fsp3) is 0.590. The minimum Gasteiger partial charge on any atom is -0.370 e. The Morgan fingerprint density at radius 2 is 1.06 bits per heavy atom. The maximum absolute atomic E-state index is 14.1. The van der Waals surface area contributed by atoms with E-state index >= 15 is 0 Å². The molecule has 10 amide bonds. The monoisotopic (exact) mass is 918 g/mol. The summed E-state index contributed by atoms with van der Waals surface area (Å²) in [5, 5.41) is 17.8. The second kappa shape index (κ2) is 26.8. The molecule has 24 nitrogen and oxygen atoms in total. The van der Waals surface area contributed by atoms with Crippen LogP contribution in [0.5, 0.6) is 0 Å². The summed E-state index contributed by atoms with van der Waals surface area (Å²) in [6, 6.07) is -9.30. The summed E-state index contributed by atoms with van der Waals surface area (Å²) in [5.41, 5.74) is 17.0. The lowest BCUT2D eigenvalue weighted by atomic mass is 10.0. The Labute approximate surface area is 374 Å². The number of amides is 10. The number of aromatic nitrogens is 4. The van der Waals surface area contributed by atoms with Crippen molar-refractivity contribution in [3.8, 4) is 0 Å². The van der Waals surface area contributed by atoms with Gasteiger partial charge in [-0.15, -0.1) is 0 Å². The van der Waals surface area contributed by atoms with E-state index in [0.29, 0.717) is 17.1 Å². The Balaban J connectivity index is 2.41.